The van der Waals surface area contributed by atoms with Gasteiger partial charge in [-0.25, -0.2) is 0 Å². The molecule has 0 amide bonds. The molecule has 0 fully saturated rings. The molecule has 11 rings (SSSR count). The second kappa shape index (κ2) is 14.5. The third-order valence-electron chi connectivity index (χ3n) is 12.3. The molecule has 0 saturated carbocycles. The fraction of sp³-hybridized carbons (Fsp3) is 0. The normalized spacial score (nSPS) is 11.5. The largest absolute Gasteiger partial charge is 0.0985 e. The molecule has 0 aromatic heterocycles. The van der Waals surface area contributed by atoms with Crippen LogP contribution in [-0.2, 0) is 0 Å². The lowest BCUT2D eigenvalue weighted by molar-refractivity contribution is 1.57. The van der Waals surface area contributed by atoms with Gasteiger partial charge in [0.05, 0.1) is 0 Å². The van der Waals surface area contributed by atoms with Crippen LogP contribution in [0.2, 0.25) is 0 Å². The van der Waals surface area contributed by atoms with E-state index in [2.05, 4.69) is 219 Å². The van der Waals surface area contributed by atoms with Gasteiger partial charge in [-0.1, -0.05) is 195 Å². The van der Waals surface area contributed by atoms with E-state index in [1.807, 2.05) is 12.2 Å². The van der Waals surface area contributed by atoms with E-state index in [4.69, 9.17) is 0 Å². The molecule has 0 aliphatic rings. The Labute approximate surface area is 351 Å². The first-order chi connectivity index (χ1) is 29.6. The minimum Gasteiger partial charge on any atom is -0.0985 e. The van der Waals surface area contributed by atoms with Crippen molar-refractivity contribution in [1.29, 1.82) is 0 Å². The van der Waals surface area contributed by atoms with Crippen LogP contribution in [0.1, 0.15) is 11.1 Å². The van der Waals surface area contributed by atoms with Crippen molar-refractivity contribution in [2.24, 2.45) is 0 Å². The molecule has 0 atom stereocenters. The van der Waals surface area contributed by atoms with Crippen molar-refractivity contribution in [2.45, 2.75) is 0 Å². The van der Waals surface area contributed by atoms with Crippen LogP contribution in [0, 0.1) is 0 Å². The molecule has 0 aliphatic carbocycles. The van der Waals surface area contributed by atoms with Crippen molar-refractivity contribution >= 4 is 55.2 Å². The Bertz CT molecular complexity index is 3150. The van der Waals surface area contributed by atoms with Gasteiger partial charge >= 0.3 is 0 Å². The molecule has 280 valence electrons. The SMILES string of the molecule is C=Cc1ccc(-c2cc(-c3ccccc3)cc(-c3ccc4c5ccc(-c6cc(-c7ccccc7)cc(-c7ccc(C=C)cc7)c6)c6cccc(c7cccc3c74)c65)c2)cc1. The maximum atomic E-state index is 3.97. The summed E-state index contributed by atoms with van der Waals surface area (Å²) in [5.41, 5.74) is 16.7. The maximum absolute atomic E-state index is 3.97. The average Bonchev–Trinajstić information content (AvgIpc) is 3.33. The van der Waals surface area contributed by atoms with E-state index < -0.39 is 0 Å². The molecule has 60 heavy (non-hydrogen) atoms. The zero-order valence-electron chi connectivity index (χ0n) is 33.2. The Morgan fingerprint density at radius 1 is 0.233 bits per heavy atom. The third kappa shape index (κ3) is 6.01. The van der Waals surface area contributed by atoms with E-state index in [0.29, 0.717) is 0 Å². The first-order valence-corrected chi connectivity index (χ1v) is 20.6. The maximum Gasteiger partial charge on any atom is -0.00201 e. The van der Waals surface area contributed by atoms with Crippen LogP contribution in [-0.4, -0.2) is 0 Å². The molecule has 0 spiro atoms. The first kappa shape index (κ1) is 35.4. The van der Waals surface area contributed by atoms with E-state index in [1.165, 1.54) is 110 Å². The summed E-state index contributed by atoms with van der Waals surface area (Å²) in [5, 5.41) is 10.2. The summed E-state index contributed by atoms with van der Waals surface area (Å²) >= 11 is 0. The van der Waals surface area contributed by atoms with Crippen LogP contribution in [0.5, 0.6) is 0 Å². The highest BCUT2D eigenvalue weighted by atomic mass is 14.2. The second-order valence-electron chi connectivity index (χ2n) is 15.8. The summed E-state index contributed by atoms with van der Waals surface area (Å²) in [6.07, 6.45) is 3.79. The van der Waals surface area contributed by atoms with Crippen LogP contribution >= 0.6 is 0 Å². The fourth-order valence-electron chi connectivity index (χ4n) is 9.33. The molecular weight excluding hydrogens is 721 g/mol. The van der Waals surface area contributed by atoms with Gasteiger partial charge in [-0.15, -0.1) is 0 Å². The molecule has 0 radical (unpaired) electrons. The van der Waals surface area contributed by atoms with Gasteiger partial charge in [0.25, 0.3) is 0 Å². The van der Waals surface area contributed by atoms with E-state index in [1.54, 1.807) is 0 Å². The van der Waals surface area contributed by atoms with Gasteiger partial charge in [0.1, 0.15) is 0 Å². The lowest BCUT2D eigenvalue weighted by Crippen LogP contribution is -1.92. The second-order valence-corrected chi connectivity index (χ2v) is 15.8. The molecule has 11 aromatic carbocycles. The van der Waals surface area contributed by atoms with Crippen LogP contribution in [0.4, 0.5) is 0 Å². The highest BCUT2D eigenvalue weighted by Gasteiger charge is 2.19. The lowest BCUT2D eigenvalue weighted by atomic mass is 9.84. The molecule has 0 bridgehead atoms. The molecule has 0 heterocycles. The highest BCUT2D eigenvalue weighted by molar-refractivity contribution is 6.35. The quantitative estimate of drug-likeness (QED) is 0.107. The minimum atomic E-state index is 1.12. The molecular formula is C60H40. The van der Waals surface area contributed by atoms with Gasteiger partial charge < -0.3 is 0 Å². The molecule has 0 aliphatic heterocycles. The van der Waals surface area contributed by atoms with Crippen LogP contribution in [0.15, 0.2) is 219 Å². The summed E-state index contributed by atoms with van der Waals surface area (Å²) < 4.78 is 0. The Balaban J connectivity index is 1.12. The Hall–Kier alpha value is -7.80. The number of benzene rings is 11. The number of rotatable bonds is 8. The van der Waals surface area contributed by atoms with E-state index in [-0.39, 0.29) is 0 Å². The number of fused-ring (bicyclic) bond motifs is 2. The zero-order chi connectivity index (χ0) is 40.2. The monoisotopic (exact) mass is 760 g/mol. The van der Waals surface area contributed by atoms with Crippen LogP contribution in [0.25, 0.3) is 122 Å². The van der Waals surface area contributed by atoms with Crippen molar-refractivity contribution in [3.05, 3.63) is 231 Å². The Morgan fingerprint density at radius 3 is 0.917 bits per heavy atom. The van der Waals surface area contributed by atoms with E-state index in [0.717, 1.165) is 11.1 Å². The highest BCUT2D eigenvalue weighted by Crippen LogP contribution is 2.46. The zero-order valence-corrected chi connectivity index (χ0v) is 33.2. The lowest BCUT2D eigenvalue weighted by Gasteiger charge is -2.19. The van der Waals surface area contributed by atoms with Crippen molar-refractivity contribution in [1.82, 2.24) is 0 Å². The summed E-state index contributed by atoms with van der Waals surface area (Å²) in [4.78, 5) is 0. The topological polar surface area (TPSA) is 0 Å². The van der Waals surface area contributed by atoms with Crippen LogP contribution < -0.4 is 0 Å². The standard InChI is InChI=1S/C60H40/c1-3-39-21-25-43(26-22-39)47-33-45(41-13-7-5-8-14-41)35-49(37-47)51-29-31-57-58-32-30-52(54-18-12-20-56(60(54)58)55-19-11-17-53(51)59(55)57)50-36-46(42-15-9-6-10-16-42)34-48(38-50)44-27-23-40(4-2)24-28-44/h3-38H,1-2H2. The van der Waals surface area contributed by atoms with Crippen LogP contribution in [0.3, 0.4) is 0 Å². The summed E-state index contributed by atoms with van der Waals surface area (Å²) in [7, 11) is 0. The first-order valence-electron chi connectivity index (χ1n) is 20.6. The molecule has 0 nitrogen and oxygen atoms in total. The molecule has 0 saturated heterocycles. The smallest absolute Gasteiger partial charge is 0.00201 e. The molecule has 11 aromatic rings. The van der Waals surface area contributed by atoms with Crippen molar-refractivity contribution < 1.29 is 0 Å². The van der Waals surface area contributed by atoms with Crippen molar-refractivity contribution in [3.63, 3.8) is 0 Å². The molecule has 0 N–H and O–H groups in total. The average molecular weight is 761 g/mol. The molecule has 0 heteroatoms. The third-order valence-corrected chi connectivity index (χ3v) is 12.3. The van der Waals surface area contributed by atoms with Gasteiger partial charge in [-0.2, -0.15) is 0 Å². The predicted octanol–water partition coefficient (Wildman–Crippen LogP) is 17.0. The van der Waals surface area contributed by atoms with Crippen molar-refractivity contribution in [2.75, 3.05) is 0 Å². The summed E-state index contributed by atoms with van der Waals surface area (Å²) in [6, 6.07) is 76.0. The predicted molar refractivity (Wildman–Crippen MR) is 260 cm³/mol. The van der Waals surface area contributed by atoms with Gasteiger partial charge in [0.2, 0.25) is 0 Å². The Kier molecular flexibility index (Phi) is 8.57. The van der Waals surface area contributed by atoms with Gasteiger partial charge in [-0.3, -0.25) is 0 Å². The summed E-state index contributed by atoms with van der Waals surface area (Å²) in [6.45, 7) is 7.94. The van der Waals surface area contributed by atoms with Gasteiger partial charge in [-0.05, 0) is 157 Å². The van der Waals surface area contributed by atoms with Gasteiger partial charge in [0.15, 0.2) is 0 Å². The number of hydrogen-bond acceptors (Lipinski definition) is 0. The summed E-state index contributed by atoms with van der Waals surface area (Å²) in [5.74, 6) is 0. The fourth-order valence-corrected chi connectivity index (χ4v) is 9.33. The number of hydrogen-bond donors (Lipinski definition) is 0. The van der Waals surface area contributed by atoms with Crippen molar-refractivity contribution in [3.8, 4) is 66.8 Å². The minimum absolute atomic E-state index is 1.12. The molecule has 0 unspecified atom stereocenters. The Morgan fingerprint density at radius 2 is 0.550 bits per heavy atom. The van der Waals surface area contributed by atoms with E-state index in [9.17, 15) is 0 Å². The van der Waals surface area contributed by atoms with Gasteiger partial charge in [0, 0.05) is 0 Å². The van der Waals surface area contributed by atoms with E-state index >= 15 is 0 Å².